The highest BCUT2D eigenvalue weighted by atomic mass is 35.5. The van der Waals surface area contributed by atoms with Crippen LogP contribution in [0.1, 0.15) is 42.5 Å². The smallest absolute Gasteiger partial charge is 0.237 e. The Morgan fingerprint density at radius 2 is 2.21 bits per heavy atom. The predicted molar refractivity (Wildman–Crippen MR) is 70.2 cm³/mol. The second-order valence-electron chi connectivity index (χ2n) is 4.73. The van der Waals surface area contributed by atoms with Crippen molar-refractivity contribution < 1.29 is 9.32 Å². The minimum absolute atomic E-state index is 0.201. The fourth-order valence-corrected chi connectivity index (χ4v) is 2.57. The lowest BCUT2D eigenvalue weighted by Gasteiger charge is -2.00. The number of halogens is 1. The van der Waals surface area contributed by atoms with Gasteiger partial charge in [-0.2, -0.15) is 4.98 Å². The molecule has 3 rings (SSSR count). The average molecular weight is 277 g/mol. The van der Waals surface area contributed by atoms with Gasteiger partial charge in [-0.15, -0.1) is 0 Å². The molecule has 0 spiro atoms. The van der Waals surface area contributed by atoms with Crippen LogP contribution in [0.4, 0.5) is 0 Å². The van der Waals surface area contributed by atoms with E-state index in [1.54, 1.807) is 0 Å². The van der Waals surface area contributed by atoms with Crippen molar-refractivity contribution in [3.63, 3.8) is 0 Å². The molecule has 1 saturated carbocycles. The third-order valence-corrected chi connectivity index (χ3v) is 3.76. The molecule has 98 valence electrons. The SMILES string of the molecule is O=C1CCCC1c1nc(Cc2ccccc2Cl)no1. The molecule has 5 heteroatoms. The topological polar surface area (TPSA) is 56.0 Å². The van der Waals surface area contributed by atoms with Crippen LogP contribution in [-0.4, -0.2) is 15.9 Å². The zero-order valence-corrected chi connectivity index (χ0v) is 11.1. The Bertz CT molecular complexity index is 609. The number of benzene rings is 1. The third-order valence-electron chi connectivity index (χ3n) is 3.39. The Labute approximate surface area is 115 Å². The molecule has 1 atom stereocenters. The van der Waals surface area contributed by atoms with E-state index in [1.807, 2.05) is 24.3 Å². The van der Waals surface area contributed by atoms with E-state index in [0.29, 0.717) is 29.6 Å². The van der Waals surface area contributed by atoms with Gasteiger partial charge in [-0.05, 0) is 24.5 Å². The molecule has 1 unspecified atom stereocenters. The molecule has 1 heterocycles. The van der Waals surface area contributed by atoms with E-state index in [4.69, 9.17) is 16.1 Å². The predicted octanol–water partition coefficient (Wildman–Crippen LogP) is 3.15. The van der Waals surface area contributed by atoms with Crippen LogP contribution in [0.25, 0.3) is 0 Å². The zero-order valence-electron chi connectivity index (χ0n) is 10.3. The number of rotatable bonds is 3. The Hall–Kier alpha value is -1.68. The molecule has 19 heavy (non-hydrogen) atoms. The highest BCUT2D eigenvalue weighted by molar-refractivity contribution is 6.31. The standard InChI is InChI=1S/C14H13ClN2O2/c15-11-6-2-1-4-9(11)8-13-16-14(19-17-13)10-5-3-7-12(10)18/h1-2,4,6,10H,3,5,7-8H2. The summed E-state index contributed by atoms with van der Waals surface area (Å²) in [5.41, 5.74) is 0.953. The normalized spacial score (nSPS) is 19.0. The maximum atomic E-state index is 11.6. The van der Waals surface area contributed by atoms with Crippen molar-refractivity contribution in [2.24, 2.45) is 0 Å². The molecule has 0 aliphatic heterocycles. The summed E-state index contributed by atoms with van der Waals surface area (Å²) in [4.78, 5) is 16.0. The van der Waals surface area contributed by atoms with Gasteiger partial charge in [0.2, 0.25) is 5.89 Å². The van der Waals surface area contributed by atoms with Gasteiger partial charge in [0, 0.05) is 17.9 Å². The van der Waals surface area contributed by atoms with E-state index < -0.39 is 0 Å². The maximum absolute atomic E-state index is 11.6. The van der Waals surface area contributed by atoms with Crippen molar-refractivity contribution in [1.82, 2.24) is 10.1 Å². The number of ketones is 1. The molecule has 0 N–H and O–H groups in total. The molecule has 0 radical (unpaired) electrons. The minimum atomic E-state index is -0.201. The van der Waals surface area contributed by atoms with Crippen LogP contribution >= 0.6 is 11.6 Å². The fourth-order valence-electron chi connectivity index (χ4n) is 2.37. The lowest BCUT2D eigenvalue weighted by atomic mass is 10.1. The summed E-state index contributed by atoms with van der Waals surface area (Å²) in [5, 5.41) is 4.62. The Balaban J connectivity index is 1.78. The fraction of sp³-hybridized carbons (Fsp3) is 0.357. The van der Waals surface area contributed by atoms with Gasteiger partial charge >= 0.3 is 0 Å². The second-order valence-corrected chi connectivity index (χ2v) is 5.14. The maximum Gasteiger partial charge on any atom is 0.237 e. The van der Waals surface area contributed by atoms with Crippen LogP contribution in [0.5, 0.6) is 0 Å². The van der Waals surface area contributed by atoms with Crippen molar-refractivity contribution in [1.29, 1.82) is 0 Å². The first kappa shape index (κ1) is 12.4. The highest BCUT2D eigenvalue weighted by Crippen LogP contribution is 2.30. The lowest BCUT2D eigenvalue weighted by molar-refractivity contribution is -0.119. The molecule has 0 bridgehead atoms. The third kappa shape index (κ3) is 2.54. The van der Waals surface area contributed by atoms with Gasteiger partial charge in [-0.3, -0.25) is 4.79 Å². The van der Waals surface area contributed by atoms with Crippen LogP contribution in [0.2, 0.25) is 5.02 Å². The Morgan fingerprint density at radius 3 is 2.95 bits per heavy atom. The quantitative estimate of drug-likeness (QED) is 0.864. The molecule has 4 nitrogen and oxygen atoms in total. The second kappa shape index (κ2) is 5.13. The summed E-state index contributed by atoms with van der Waals surface area (Å²) >= 11 is 6.09. The first-order valence-corrected chi connectivity index (χ1v) is 6.70. The molecular formula is C14H13ClN2O2. The number of nitrogens with zero attached hydrogens (tertiary/aromatic N) is 2. The lowest BCUT2D eigenvalue weighted by Crippen LogP contribution is -2.04. The van der Waals surface area contributed by atoms with Gasteiger partial charge in [-0.25, -0.2) is 0 Å². The van der Waals surface area contributed by atoms with Crippen molar-refractivity contribution >= 4 is 17.4 Å². The van der Waals surface area contributed by atoms with Crippen molar-refractivity contribution in [2.75, 3.05) is 0 Å². The summed E-state index contributed by atoms with van der Waals surface area (Å²) in [7, 11) is 0. The van der Waals surface area contributed by atoms with E-state index in [1.165, 1.54) is 0 Å². The van der Waals surface area contributed by atoms with Crippen LogP contribution in [0.3, 0.4) is 0 Å². The van der Waals surface area contributed by atoms with E-state index in [2.05, 4.69) is 10.1 Å². The first-order valence-electron chi connectivity index (χ1n) is 6.32. The Morgan fingerprint density at radius 1 is 1.37 bits per heavy atom. The van der Waals surface area contributed by atoms with Crippen LogP contribution < -0.4 is 0 Å². The number of hydrogen-bond acceptors (Lipinski definition) is 4. The summed E-state index contributed by atoms with van der Waals surface area (Å²) in [5.74, 6) is 1.02. The van der Waals surface area contributed by atoms with Gasteiger partial charge in [-0.1, -0.05) is 35.0 Å². The minimum Gasteiger partial charge on any atom is -0.339 e. The summed E-state index contributed by atoms with van der Waals surface area (Å²) in [6.07, 6.45) is 2.86. The molecule has 0 amide bonds. The monoisotopic (exact) mass is 276 g/mol. The van der Waals surface area contributed by atoms with Crippen molar-refractivity contribution in [3.8, 4) is 0 Å². The highest BCUT2D eigenvalue weighted by Gasteiger charge is 2.30. The number of aromatic nitrogens is 2. The molecule has 1 aliphatic rings. The largest absolute Gasteiger partial charge is 0.339 e. The molecule has 2 aromatic rings. The van der Waals surface area contributed by atoms with Gasteiger partial charge in [0.1, 0.15) is 5.78 Å². The number of carbonyl (C=O) groups excluding carboxylic acids is 1. The summed E-state index contributed by atoms with van der Waals surface area (Å²) in [6.45, 7) is 0. The van der Waals surface area contributed by atoms with Gasteiger partial charge in [0.05, 0.1) is 5.92 Å². The first-order chi connectivity index (χ1) is 9.24. The summed E-state index contributed by atoms with van der Waals surface area (Å²) in [6, 6.07) is 7.56. The van der Waals surface area contributed by atoms with E-state index in [9.17, 15) is 4.79 Å². The van der Waals surface area contributed by atoms with E-state index in [-0.39, 0.29) is 11.7 Å². The van der Waals surface area contributed by atoms with Crippen LogP contribution in [0, 0.1) is 0 Å². The number of hydrogen-bond donors (Lipinski definition) is 0. The number of Topliss-reactive ketones (excluding diaryl/α,β-unsaturated/α-hetero) is 1. The zero-order chi connectivity index (χ0) is 13.2. The molecular weight excluding hydrogens is 264 g/mol. The van der Waals surface area contributed by atoms with Crippen molar-refractivity contribution in [3.05, 3.63) is 46.6 Å². The van der Waals surface area contributed by atoms with E-state index >= 15 is 0 Å². The molecule has 1 aromatic carbocycles. The molecule has 1 aromatic heterocycles. The molecule has 0 saturated heterocycles. The van der Waals surface area contributed by atoms with Crippen LogP contribution in [-0.2, 0) is 11.2 Å². The van der Waals surface area contributed by atoms with Crippen molar-refractivity contribution in [2.45, 2.75) is 31.6 Å². The van der Waals surface area contributed by atoms with Gasteiger partial charge in [0.25, 0.3) is 0 Å². The van der Waals surface area contributed by atoms with E-state index in [0.717, 1.165) is 18.4 Å². The number of carbonyl (C=O) groups is 1. The summed E-state index contributed by atoms with van der Waals surface area (Å²) < 4.78 is 5.21. The molecule has 1 fully saturated rings. The van der Waals surface area contributed by atoms with Gasteiger partial charge in [0.15, 0.2) is 5.82 Å². The molecule has 1 aliphatic carbocycles. The average Bonchev–Trinajstić information content (AvgIpc) is 3.01. The van der Waals surface area contributed by atoms with Gasteiger partial charge < -0.3 is 4.52 Å². The Kier molecular flexibility index (Phi) is 3.34. The van der Waals surface area contributed by atoms with Crippen LogP contribution in [0.15, 0.2) is 28.8 Å².